The van der Waals surface area contributed by atoms with Crippen LogP contribution >= 0.6 is 0 Å². The van der Waals surface area contributed by atoms with Crippen molar-refractivity contribution in [1.29, 1.82) is 0 Å². The van der Waals surface area contributed by atoms with E-state index in [9.17, 15) is 14.4 Å². The fourth-order valence-electron chi connectivity index (χ4n) is 9.38. The highest BCUT2D eigenvalue weighted by atomic mass is 16.6. The molecule has 0 fully saturated rings. The second-order valence-electron chi connectivity index (χ2n) is 21.0. The predicted octanol–water partition coefficient (Wildman–Crippen LogP) is 20.5. The van der Waals surface area contributed by atoms with E-state index in [1.807, 2.05) is 0 Å². The molecule has 402 valence electrons. The maximum absolute atomic E-state index is 12.9. The molecule has 0 aromatic heterocycles. The smallest absolute Gasteiger partial charge is 0.306 e. The number of esters is 3. The maximum Gasteiger partial charge on any atom is 0.306 e. The number of carbonyl (C=O) groups excluding carboxylic acids is 3. The quantitative estimate of drug-likeness (QED) is 0.0262. The largest absolute Gasteiger partial charge is 0.462 e. The minimum absolute atomic E-state index is 0.0644. The molecular formula is C62H118O6. The fraction of sp³-hybridized carbons (Fsp3) is 0.919. The van der Waals surface area contributed by atoms with E-state index in [0.29, 0.717) is 19.3 Å². The van der Waals surface area contributed by atoms with Crippen LogP contribution in [0.1, 0.15) is 348 Å². The van der Waals surface area contributed by atoms with Crippen molar-refractivity contribution in [3.05, 3.63) is 12.2 Å². The second-order valence-corrected chi connectivity index (χ2v) is 21.0. The second kappa shape index (κ2) is 57.7. The van der Waals surface area contributed by atoms with Crippen molar-refractivity contribution in [2.45, 2.75) is 354 Å². The van der Waals surface area contributed by atoms with Gasteiger partial charge in [0.2, 0.25) is 0 Å². The summed E-state index contributed by atoms with van der Waals surface area (Å²) >= 11 is 0. The molecule has 68 heavy (non-hydrogen) atoms. The lowest BCUT2D eigenvalue weighted by Gasteiger charge is -2.18. The Hall–Kier alpha value is -1.85. The van der Waals surface area contributed by atoms with E-state index >= 15 is 0 Å². The summed E-state index contributed by atoms with van der Waals surface area (Å²) in [5, 5.41) is 0. The number of hydrogen-bond donors (Lipinski definition) is 0. The van der Waals surface area contributed by atoms with Crippen molar-refractivity contribution in [2.24, 2.45) is 0 Å². The third-order valence-corrected chi connectivity index (χ3v) is 14.0. The molecule has 0 aliphatic carbocycles. The molecule has 0 aliphatic heterocycles. The summed E-state index contributed by atoms with van der Waals surface area (Å²) in [7, 11) is 0. The fourth-order valence-corrected chi connectivity index (χ4v) is 9.38. The summed E-state index contributed by atoms with van der Waals surface area (Å²) in [5.74, 6) is -0.839. The van der Waals surface area contributed by atoms with Gasteiger partial charge in [0.1, 0.15) is 13.2 Å². The monoisotopic (exact) mass is 959 g/mol. The zero-order chi connectivity index (χ0) is 49.3. The van der Waals surface area contributed by atoms with E-state index in [1.165, 1.54) is 250 Å². The molecule has 0 saturated heterocycles. The Morgan fingerprint density at radius 3 is 0.735 bits per heavy atom. The van der Waals surface area contributed by atoms with E-state index in [1.54, 1.807) is 0 Å². The molecule has 0 spiro atoms. The van der Waals surface area contributed by atoms with Gasteiger partial charge >= 0.3 is 17.9 Å². The van der Waals surface area contributed by atoms with Crippen LogP contribution in [0, 0.1) is 0 Å². The van der Waals surface area contributed by atoms with Crippen molar-refractivity contribution in [2.75, 3.05) is 13.2 Å². The summed E-state index contributed by atoms with van der Waals surface area (Å²) in [6.07, 6.45) is 66.4. The van der Waals surface area contributed by atoms with Gasteiger partial charge in [-0.25, -0.2) is 0 Å². The van der Waals surface area contributed by atoms with Gasteiger partial charge in [0.25, 0.3) is 0 Å². The SMILES string of the molecule is CCCCCCCC/C=C\CCCCCCCCCCCC(=O)O[C@@H](COC(=O)CCCCCCCCCCCCCC)COC(=O)CCCCCCCCCCCCCCCCCCCCC. The van der Waals surface area contributed by atoms with Crippen LogP contribution in [-0.2, 0) is 28.6 Å². The molecule has 0 unspecified atom stereocenters. The molecular weight excluding hydrogens is 841 g/mol. The predicted molar refractivity (Wildman–Crippen MR) is 293 cm³/mol. The Morgan fingerprint density at radius 2 is 0.485 bits per heavy atom. The first-order chi connectivity index (χ1) is 33.5. The van der Waals surface area contributed by atoms with Crippen molar-refractivity contribution >= 4 is 17.9 Å². The molecule has 0 radical (unpaired) electrons. The maximum atomic E-state index is 12.9. The van der Waals surface area contributed by atoms with Gasteiger partial charge in [0, 0.05) is 19.3 Å². The topological polar surface area (TPSA) is 78.9 Å². The Bertz CT molecular complexity index is 1060. The molecule has 0 N–H and O–H groups in total. The number of carbonyl (C=O) groups is 3. The van der Waals surface area contributed by atoms with Gasteiger partial charge in [-0.1, -0.05) is 296 Å². The lowest BCUT2D eigenvalue weighted by molar-refractivity contribution is -0.167. The van der Waals surface area contributed by atoms with Crippen molar-refractivity contribution in [3.63, 3.8) is 0 Å². The zero-order valence-electron chi connectivity index (χ0n) is 46.2. The molecule has 0 bridgehead atoms. The van der Waals surface area contributed by atoms with Crippen molar-refractivity contribution in [1.82, 2.24) is 0 Å². The van der Waals surface area contributed by atoms with Crippen LogP contribution in [0.15, 0.2) is 12.2 Å². The molecule has 0 saturated carbocycles. The molecule has 0 amide bonds. The molecule has 6 heteroatoms. The highest BCUT2D eigenvalue weighted by Gasteiger charge is 2.19. The van der Waals surface area contributed by atoms with Crippen LogP contribution in [0.4, 0.5) is 0 Å². The van der Waals surface area contributed by atoms with E-state index in [0.717, 1.165) is 57.8 Å². The number of allylic oxidation sites excluding steroid dienone is 2. The number of ether oxygens (including phenoxy) is 3. The minimum Gasteiger partial charge on any atom is -0.462 e. The molecule has 0 aromatic rings. The minimum atomic E-state index is -0.765. The zero-order valence-corrected chi connectivity index (χ0v) is 46.2. The van der Waals surface area contributed by atoms with Gasteiger partial charge in [-0.15, -0.1) is 0 Å². The first kappa shape index (κ1) is 66.2. The van der Waals surface area contributed by atoms with E-state index in [2.05, 4.69) is 32.9 Å². The Balaban J connectivity index is 4.27. The van der Waals surface area contributed by atoms with Crippen molar-refractivity contribution < 1.29 is 28.6 Å². The van der Waals surface area contributed by atoms with Gasteiger partial charge in [-0.05, 0) is 44.9 Å². The van der Waals surface area contributed by atoms with Crippen molar-refractivity contribution in [3.8, 4) is 0 Å². The third kappa shape index (κ3) is 55.1. The van der Waals surface area contributed by atoms with Crippen LogP contribution in [0.3, 0.4) is 0 Å². The van der Waals surface area contributed by atoms with Crippen LogP contribution in [0.5, 0.6) is 0 Å². The molecule has 1 atom stereocenters. The summed E-state index contributed by atoms with van der Waals surface area (Å²) in [4.78, 5) is 38.2. The van der Waals surface area contributed by atoms with E-state index in [4.69, 9.17) is 14.2 Å². The number of hydrogen-bond acceptors (Lipinski definition) is 6. The first-order valence-electron chi connectivity index (χ1n) is 30.7. The molecule has 0 heterocycles. The molecule has 0 aliphatic rings. The van der Waals surface area contributed by atoms with Crippen LogP contribution in [0.25, 0.3) is 0 Å². The van der Waals surface area contributed by atoms with E-state index in [-0.39, 0.29) is 31.1 Å². The summed E-state index contributed by atoms with van der Waals surface area (Å²) in [6, 6.07) is 0. The van der Waals surface area contributed by atoms with Gasteiger partial charge in [0.05, 0.1) is 0 Å². The van der Waals surface area contributed by atoms with Crippen LogP contribution < -0.4 is 0 Å². The van der Waals surface area contributed by atoms with Gasteiger partial charge in [-0.3, -0.25) is 14.4 Å². The normalized spacial score (nSPS) is 12.0. The Morgan fingerprint density at radius 1 is 0.279 bits per heavy atom. The van der Waals surface area contributed by atoms with Gasteiger partial charge in [0.15, 0.2) is 6.10 Å². The molecule has 0 rings (SSSR count). The third-order valence-electron chi connectivity index (χ3n) is 14.0. The lowest BCUT2D eigenvalue weighted by atomic mass is 10.0. The molecule has 0 aromatic carbocycles. The van der Waals surface area contributed by atoms with Gasteiger partial charge < -0.3 is 14.2 Å². The standard InChI is InChI=1S/C62H118O6/c1-4-7-10-13-16-19-22-25-27-29-31-33-35-37-40-43-46-49-52-55-61(64)67-58-59(57-66-60(63)54-51-48-45-42-39-24-21-18-15-12-9-6-3)68-62(65)56-53-50-47-44-41-38-36-34-32-30-28-26-23-20-17-14-11-8-5-2/h26,28,59H,4-25,27,29-58H2,1-3H3/b28-26-/t59-/m0/s1. The highest BCUT2D eigenvalue weighted by molar-refractivity contribution is 5.71. The Labute approximate surface area is 424 Å². The average molecular weight is 960 g/mol. The number of unbranched alkanes of at least 4 members (excludes halogenated alkanes) is 44. The van der Waals surface area contributed by atoms with E-state index < -0.39 is 6.10 Å². The summed E-state index contributed by atoms with van der Waals surface area (Å²) < 4.78 is 16.9. The average Bonchev–Trinajstić information content (AvgIpc) is 3.34. The van der Waals surface area contributed by atoms with Crippen LogP contribution in [-0.4, -0.2) is 37.2 Å². The summed E-state index contributed by atoms with van der Waals surface area (Å²) in [6.45, 7) is 6.70. The first-order valence-corrected chi connectivity index (χ1v) is 30.7. The van der Waals surface area contributed by atoms with Gasteiger partial charge in [-0.2, -0.15) is 0 Å². The Kier molecular flexibility index (Phi) is 56.2. The lowest BCUT2D eigenvalue weighted by Crippen LogP contribution is -2.30. The van der Waals surface area contributed by atoms with Crippen LogP contribution in [0.2, 0.25) is 0 Å². The number of rotatable bonds is 57. The molecule has 6 nitrogen and oxygen atoms in total. The summed E-state index contributed by atoms with van der Waals surface area (Å²) in [5.41, 5.74) is 0. The highest BCUT2D eigenvalue weighted by Crippen LogP contribution is 2.18.